The fourth-order valence-electron chi connectivity index (χ4n) is 1.80. The van der Waals surface area contributed by atoms with Crippen LogP contribution in [0, 0.1) is 5.92 Å². The lowest BCUT2D eigenvalue weighted by Crippen LogP contribution is -2.49. The molecule has 1 N–H and O–H groups in total. The number of carbonyl (C=O) groups is 1. The molecule has 0 aliphatic carbocycles. The van der Waals surface area contributed by atoms with E-state index in [0.717, 1.165) is 38.9 Å². The molecule has 0 spiro atoms. The molecule has 1 rings (SSSR count). The summed E-state index contributed by atoms with van der Waals surface area (Å²) in [5.41, 5.74) is 0. The van der Waals surface area contributed by atoms with Gasteiger partial charge in [0.1, 0.15) is 6.21 Å². The van der Waals surface area contributed by atoms with Crippen LogP contribution in [0.5, 0.6) is 0 Å². The Labute approximate surface area is 90.3 Å². The van der Waals surface area contributed by atoms with E-state index >= 15 is 0 Å². The third kappa shape index (κ3) is 3.87. The van der Waals surface area contributed by atoms with Gasteiger partial charge in [-0.1, -0.05) is 19.0 Å². The molecule has 5 heteroatoms. The van der Waals surface area contributed by atoms with Gasteiger partial charge in [-0.3, -0.25) is 9.69 Å². The lowest BCUT2D eigenvalue weighted by atomic mass is 10.2. The molecular formula is C10H19N3O2. The van der Waals surface area contributed by atoms with E-state index in [-0.39, 0.29) is 5.91 Å². The molecule has 0 unspecified atom stereocenters. The van der Waals surface area contributed by atoms with Crippen LogP contribution in [0.2, 0.25) is 0 Å². The second-order valence-electron chi connectivity index (χ2n) is 4.26. The number of piperazine rings is 1. The van der Waals surface area contributed by atoms with Crippen molar-refractivity contribution in [3.05, 3.63) is 0 Å². The standard InChI is InChI=1S/C10H19N3O2/c1-9(2)8-12-3-5-13(6-4-12)10(14)7-11-15/h7,9,15H,3-6,8H2,1-2H3/b11-7+. The number of rotatable bonds is 3. The molecule has 0 aromatic carbocycles. The minimum atomic E-state index is -0.207. The maximum atomic E-state index is 11.3. The molecule has 86 valence electrons. The number of oxime groups is 1. The maximum Gasteiger partial charge on any atom is 0.268 e. The van der Waals surface area contributed by atoms with Crippen LogP contribution in [0.3, 0.4) is 0 Å². The van der Waals surface area contributed by atoms with Gasteiger partial charge in [-0.2, -0.15) is 0 Å². The van der Waals surface area contributed by atoms with Gasteiger partial charge >= 0.3 is 0 Å². The molecule has 1 fully saturated rings. The first-order valence-corrected chi connectivity index (χ1v) is 5.32. The highest BCUT2D eigenvalue weighted by Crippen LogP contribution is 2.04. The summed E-state index contributed by atoms with van der Waals surface area (Å²) in [5.74, 6) is 0.452. The van der Waals surface area contributed by atoms with Crippen LogP contribution in [-0.2, 0) is 4.79 Å². The van der Waals surface area contributed by atoms with Crippen LogP contribution in [0.15, 0.2) is 5.16 Å². The van der Waals surface area contributed by atoms with E-state index in [9.17, 15) is 4.79 Å². The molecule has 0 aromatic rings. The summed E-state index contributed by atoms with van der Waals surface area (Å²) in [6, 6.07) is 0. The number of hydrogen-bond donors (Lipinski definition) is 1. The molecule has 0 saturated carbocycles. The summed E-state index contributed by atoms with van der Waals surface area (Å²) in [6.45, 7) is 8.71. The topological polar surface area (TPSA) is 56.1 Å². The van der Waals surface area contributed by atoms with Crippen LogP contribution in [-0.4, -0.2) is 59.9 Å². The fraction of sp³-hybridized carbons (Fsp3) is 0.800. The van der Waals surface area contributed by atoms with Crippen molar-refractivity contribution in [3.63, 3.8) is 0 Å². The Morgan fingerprint density at radius 1 is 1.40 bits per heavy atom. The Morgan fingerprint density at radius 3 is 2.47 bits per heavy atom. The second kappa shape index (κ2) is 5.70. The van der Waals surface area contributed by atoms with Gasteiger partial charge in [0.05, 0.1) is 0 Å². The Balaban J connectivity index is 2.32. The van der Waals surface area contributed by atoms with Crippen LogP contribution >= 0.6 is 0 Å². The van der Waals surface area contributed by atoms with Gasteiger partial charge in [0, 0.05) is 32.7 Å². The highest BCUT2D eigenvalue weighted by Gasteiger charge is 2.20. The molecule has 0 aromatic heterocycles. The van der Waals surface area contributed by atoms with Crippen LogP contribution in [0.25, 0.3) is 0 Å². The van der Waals surface area contributed by atoms with E-state index < -0.39 is 0 Å². The SMILES string of the molecule is CC(C)CN1CCN(C(=O)/C=N/O)CC1. The number of hydrogen-bond acceptors (Lipinski definition) is 4. The maximum absolute atomic E-state index is 11.3. The molecular weight excluding hydrogens is 194 g/mol. The van der Waals surface area contributed by atoms with E-state index in [0.29, 0.717) is 5.92 Å². The molecule has 15 heavy (non-hydrogen) atoms. The molecule has 5 nitrogen and oxygen atoms in total. The molecule has 0 atom stereocenters. The Morgan fingerprint density at radius 2 is 2.00 bits per heavy atom. The minimum Gasteiger partial charge on any atom is -0.411 e. The second-order valence-corrected chi connectivity index (χ2v) is 4.26. The quantitative estimate of drug-likeness (QED) is 0.415. The van der Waals surface area contributed by atoms with Gasteiger partial charge in [-0.15, -0.1) is 0 Å². The van der Waals surface area contributed by atoms with Gasteiger partial charge in [-0.25, -0.2) is 0 Å². The predicted octanol–water partition coefficient (Wildman–Crippen LogP) is 0.247. The summed E-state index contributed by atoms with van der Waals surface area (Å²) < 4.78 is 0. The van der Waals surface area contributed by atoms with Crippen molar-refractivity contribution in [2.24, 2.45) is 11.1 Å². The summed E-state index contributed by atoms with van der Waals surface area (Å²) in [4.78, 5) is 15.4. The largest absolute Gasteiger partial charge is 0.411 e. The number of nitrogens with zero attached hydrogens (tertiary/aromatic N) is 3. The fourth-order valence-corrected chi connectivity index (χ4v) is 1.80. The van der Waals surface area contributed by atoms with E-state index in [1.54, 1.807) is 4.90 Å². The zero-order valence-corrected chi connectivity index (χ0v) is 9.39. The smallest absolute Gasteiger partial charge is 0.268 e. The Kier molecular flexibility index (Phi) is 4.55. The van der Waals surface area contributed by atoms with Crippen molar-refractivity contribution in [3.8, 4) is 0 Å². The monoisotopic (exact) mass is 213 g/mol. The third-order valence-corrected chi connectivity index (χ3v) is 2.48. The lowest BCUT2D eigenvalue weighted by molar-refractivity contribution is -0.125. The van der Waals surface area contributed by atoms with Crippen LogP contribution < -0.4 is 0 Å². The Bertz CT molecular complexity index is 233. The lowest BCUT2D eigenvalue weighted by Gasteiger charge is -2.34. The average Bonchev–Trinajstić information content (AvgIpc) is 2.18. The highest BCUT2D eigenvalue weighted by atomic mass is 16.4. The summed E-state index contributed by atoms with van der Waals surface area (Å²) in [7, 11) is 0. The van der Waals surface area contributed by atoms with E-state index in [4.69, 9.17) is 5.21 Å². The van der Waals surface area contributed by atoms with Gasteiger partial charge in [-0.05, 0) is 5.92 Å². The van der Waals surface area contributed by atoms with Gasteiger partial charge in [0.15, 0.2) is 0 Å². The molecule has 1 saturated heterocycles. The van der Waals surface area contributed by atoms with E-state index in [1.165, 1.54) is 0 Å². The first-order valence-electron chi connectivity index (χ1n) is 5.32. The van der Waals surface area contributed by atoms with Crippen molar-refractivity contribution in [2.75, 3.05) is 32.7 Å². The molecule has 1 heterocycles. The third-order valence-electron chi connectivity index (χ3n) is 2.48. The first-order chi connectivity index (χ1) is 7.13. The van der Waals surface area contributed by atoms with Crippen molar-refractivity contribution < 1.29 is 10.0 Å². The van der Waals surface area contributed by atoms with Crippen molar-refractivity contribution >= 4 is 12.1 Å². The van der Waals surface area contributed by atoms with Crippen LogP contribution in [0.1, 0.15) is 13.8 Å². The van der Waals surface area contributed by atoms with Crippen LogP contribution in [0.4, 0.5) is 0 Å². The van der Waals surface area contributed by atoms with E-state index in [2.05, 4.69) is 23.9 Å². The van der Waals surface area contributed by atoms with Crippen molar-refractivity contribution in [1.82, 2.24) is 9.80 Å². The zero-order chi connectivity index (χ0) is 11.3. The number of amides is 1. The van der Waals surface area contributed by atoms with Crippen molar-refractivity contribution in [2.45, 2.75) is 13.8 Å². The van der Waals surface area contributed by atoms with Gasteiger partial charge in [0.25, 0.3) is 5.91 Å². The molecule has 1 aliphatic rings. The van der Waals surface area contributed by atoms with E-state index in [1.807, 2.05) is 0 Å². The minimum absolute atomic E-state index is 0.207. The molecule has 0 radical (unpaired) electrons. The van der Waals surface area contributed by atoms with Crippen molar-refractivity contribution in [1.29, 1.82) is 0 Å². The normalized spacial score (nSPS) is 19.0. The summed E-state index contributed by atoms with van der Waals surface area (Å²) in [6.07, 6.45) is 0.956. The number of carbonyl (C=O) groups excluding carboxylic acids is 1. The summed E-state index contributed by atoms with van der Waals surface area (Å²) in [5, 5.41) is 11.0. The molecule has 1 amide bonds. The van der Waals surface area contributed by atoms with Gasteiger partial charge in [0.2, 0.25) is 0 Å². The Hall–Kier alpha value is -1.10. The molecule has 1 aliphatic heterocycles. The first kappa shape index (κ1) is 12.0. The predicted molar refractivity (Wildman–Crippen MR) is 58.1 cm³/mol. The highest BCUT2D eigenvalue weighted by molar-refractivity contribution is 6.25. The average molecular weight is 213 g/mol. The molecule has 0 bridgehead atoms. The van der Waals surface area contributed by atoms with Gasteiger partial charge < -0.3 is 10.1 Å². The summed E-state index contributed by atoms with van der Waals surface area (Å²) >= 11 is 0. The zero-order valence-electron chi connectivity index (χ0n) is 9.39.